The van der Waals surface area contributed by atoms with Gasteiger partial charge in [0.05, 0.1) is 13.7 Å². The summed E-state index contributed by atoms with van der Waals surface area (Å²) in [5, 5.41) is 3.48. The fourth-order valence-electron chi connectivity index (χ4n) is 0.734. The number of aromatic nitrogens is 2. The normalized spacial score (nSPS) is 9.38. The average Bonchev–Trinajstić information content (AvgIpc) is 2.15. The zero-order valence-corrected chi connectivity index (χ0v) is 8.01. The van der Waals surface area contributed by atoms with Crippen LogP contribution in [0.15, 0.2) is 24.0 Å². The van der Waals surface area contributed by atoms with E-state index in [0.29, 0.717) is 23.3 Å². The molecule has 1 rings (SSSR count). The van der Waals surface area contributed by atoms with E-state index in [1.807, 2.05) is 0 Å². The van der Waals surface area contributed by atoms with Gasteiger partial charge in [-0.05, 0) is 0 Å². The van der Waals surface area contributed by atoms with Crippen LogP contribution in [-0.4, -0.2) is 23.6 Å². The minimum Gasteiger partial charge on any atom is -0.481 e. The third kappa shape index (κ3) is 3.29. The summed E-state index contributed by atoms with van der Waals surface area (Å²) in [6.07, 6.45) is 1.41. The number of halogens is 1. The lowest BCUT2D eigenvalue weighted by molar-refractivity contribution is 0.397. The number of anilines is 1. The maximum Gasteiger partial charge on any atom is 0.218 e. The Morgan fingerprint density at radius 1 is 1.69 bits per heavy atom. The highest BCUT2D eigenvalue weighted by Crippen LogP contribution is 2.10. The maximum atomic E-state index is 5.57. The summed E-state index contributed by atoms with van der Waals surface area (Å²) in [4.78, 5) is 7.81. The minimum atomic E-state index is 0.474. The number of rotatable bonds is 4. The van der Waals surface area contributed by atoms with Crippen molar-refractivity contribution in [3.05, 3.63) is 24.0 Å². The van der Waals surface area contributed by atoms with Gasteiger partial charge in [0.2, 0.25) is 5.88 Å². The highest BCUT2D eigenvalue weighted by Gasteiger charge is 1.97. The van der Waals surface area contributed by atoms with Crippen LogP contribution in [0.1, 0.15) is 0 Å². The van der Waals surface area contributed by atoms with E-state index in [1.54, 1.807) is 13.2 Å². The maximum absolute atomic E-state index is 5.57. The molecule has 0 unspecified atom stereocenters. The minimum absolute atomic E-state index is 0.474. The van der Waals surface area contributed by atoms with Gasteiger partial charge in [-0.3, -0.25) is 0 Å². The number of ether oxygens (including phenoxy) is 1. The average molecular weight is 200 g/mol. The summed E-state index contributed by atoms with van der Waals surface area (Å²) in [6.45, 7) is 4.01. The Hall–Kier alpha value is -1.29. The van der Waals surface area contributed by atoms with E-state index in [2.05, 4.69) is 21.9 Å². The van der Waals surface area contributed by atoms with E-state index in [9.17, 15) is 0 Å². The smallest absolute Gasteiger partial charge is 0.218 e. The van der Waals surface area contributed by atoms with E-state index >= 15 is 0 Å². The molecule has 1 N–H and O–H groups in total. The standard InChI is InChI=1S/C8H10ClN3O/c1-6(9)4-10-7-3-8(13-2)12-5-11-7/h3,5H,1,4H2,2H3,(H,10,11,12). The molecular formula is C8H10ClN3O. The lowest BCUT2D eigenvalue weighted by Gasteiger charge is -2.04. The van der Waals surface area contributed by atoms with Crippen LogP contribution in [0.2, 0.25) is 0 Å². The second-order valence-corrected chi connectivity index (χ2v) is 2.85. The summed E-state index contributed by atoms with van der Waals surface area (Å²) >= 11 is 5.57. The molecular weight excluding hydrogens is 190 g/mol. The van der Waals surface area contributed by atoms with Gasteiger partial charge in [0, 0.05) is 11.1 Å². The van der Waals surface area contributed by atoms with Crippen LogP contribution in [0.5, 0.6) is 5.88 Å². The van der Waals surface area contributed by atoms with Crippen molar-refractivity contribution >= 4 is 17.4 Å². The molecule has 0 atom stereocenters. The SMILES string of the molecule is C=C(Cl)CNc1cc(OC)ncn1. The van der Waals surface area contributed by atoms with E-state index in [4.69, 9.17) is 16.3 Å². The summed E-state index contributed by atoms with van der Waals surface area (Å²) in [5.74, 6) is 1.17. The number of methoxy groups -OCH3 is 1. The topological polar surface area (TPSA) is 47.0 Å². The molecule has 0 saturated heterocycles. The zero-order chi connectivity index (χ0) is 9.68. The van der Waals surface area contributed by atoms with Gasteiger partial charge in [-0.1, -0.05) is 18.2 Å². The van der Waals surface area contributed by atoms with Gasteiger partial charge < -0.3 is 10.1 Å². The first kappa shape index (κ1) is 9.80. The van der Waals surface area contributed by atoms with Gasteiger partial charge in [-0.15, -0.1) is 0 Å². The number of hydrogen-bond donors (Lipinski definition) is 1. The van der Waals surface area contributed by atoms with E-state index < -0.39 is 0 Å². The molecule has 4 nitrogen and oxygen atoms in total. The molecule has 0 amide bonds. The quantitative estimate of drug-likeness (QED) is 0.801. The highest BCUT2D eigenvalue weighted by atomic mass is 35.5. The summed E-state index contributed by atoms with van der Waals surface area (Å²) < 4.78 is 4.92. The monoisotopic (exact) mass is 199 g/mol. The Kier molecular flexibility index (Phi) is 3.52. The molecule has 0 aromatic carbocycles. The van der Waals surface area contributed by atoms with Crippen LogP contribution in [-0.2, 0) is 0 Å². The molecule has 1 aromatic heterocycles. The van der Waals surface area contributed by atoms with Crippen LogP contribution < -0.4 is 10.1 Å². The van der Waals surface area contributed by atoms with Crippen LogP contribution in [0.4, 0.5) is 5.82 Å². The Morgan fingerprint density at radius 2 is 2.46 bits per heavy atom. The van der Waals surface area contributed by atoms with Gasteiger partial charge in [0.15, 0.2) is 0 Å². The Balaban J connectivity index is 2.61. The van der Waals surface area contributed by atoms with E-state index in [1.165, 1.54) is 6.33 Å². The van der Waals surface area contributed by atoms with Crippen LogP contribution in [0, 0.1) is 0 Å². The number of nitrogens with one attached hydrogen (secondary N) is 1. The predicted octanol–water partition coefficient (Wildman–Crippen LogP) is 1.65. The second kappa shape index (κ2) is 4.67. The number of hydrogen-bond acceptors (Lipinski definition) is 4. The molecule has 0 saturated carbocycles. The first-order valence-electron chi connectivity index (χ1n) is 3.65. The first-order chi connectivity index (χ1) is 6.22. The van der Waals surface area contributed by atoms with Gasteiger partial charge >= 0.3 is 0 Å². The second-order valence-electron chi connectivity index (χ2n) is 2.32. The molecule has 0 aliphatic carbocycles. The first-order valence-corrected chi connectivity index (χ1v) is 4.03. The molecule has 5 heteroatoms. The Morgan fingerprint density at radius 3 is 3.08 bits per heavy atom. The molecule has 0 aliphatic rings. The van der Waals surface area contributed by atoms with E-state index in [0.717, 1.165) is 0 Å². The zero-order valence-electron chi connectivity index (χ0n) is 7.25. The van der Waals surface area contributed by atoms with Crippen LogP contribution in [0.25, 0.3) is 0 Å². The molecule has 13 heavy (non-hydrogen) atoms. The summed E-state index contributed by atoms with van der Waals surface area (Å²) in [7, 11) is 1.55. The lowest BCUT2D eigenvalue weighted by Crippen LogP contribution is -2.03. The van der Waals surface area contributed by atoms with Crippen molar-refractivity contribution in [3.63, 3.8) is 0 Å². The highest BCUT2D eigenvalue weighted by molar-refractivity contribution is 6.29. The molecule has 0 spiro atoms. The molecule has 1 aromatic rings. The van der Waals surface area contributed by atoms with Crippen molar-refractivity contribution < 1.29 is 4.74 Å². The predicted molar refractivity (Wildman–Crippen MR) is 52.1 cm³/mol. The molecule has 1 heterocycles. The van der Waals surface area contributed by atoms with Gasteiger partial charge in [0.25, 0.3) is 0 Å². The number of nitrogens with zero attached hydrogens (tertiary/aromatic N) is 2. The Labute approximate surface area is 81.6 Å². The largest absolute Gasteiger partial charge is 0.481 e. The van der Waals surface area contributed by atoms with Gasteiger partial charge in [0.1, 0.15) is 12.1 Å². The van der Waals surface area contributed by atoms with Gasteiger partial charge in [-0.2, -0.15) is 0 Å². The van der Waals surface area contributed by atoms with Crippen LogP contribution in [0.3, 0.4) is 0 Å². The van der Waals surface area contributed by atoms with Crippen molar-refractivity contribution in [2.45, 2.75) is 0 Å². The van der Waals surface area contributed by atoms with Crippen molar-refractivity contribution in [2.75, 3.05) is 19.0 Å². The lowest BCUT2D eigenvalue weighted by atomic mass is 10.5. The summed E-state index contributed by atoms with van der Waals surface area (Å²) in [6, 6.07) is 1.68. The van der Waals surface area contributed by atoms with Crippen molar-refractivity contribution in [1.29, 1.82) is 0 Å². The van der Waals surface area contributed by atoms with Crippen LogP contribution >= 0.6 is 11.6 Å². The van der Waals surface area contributed by atoms with E-state index in [-0.39, 0.29) is 0 Å². The van der Waals surface area contributed by atoms with Crippen molar-refractivity contribution in [1.82, 2.24) is 9.97 Å². The van der Waals surface area contributed by atoms with Gasteiger partial charge in [-0.25, -0.2) is 9.97 Å². The third-order valence-corrected chi connectivity index (χ3v) is 1.45. The molecule has 0 fully saturated rings. The molecule has 0 aliphatic heterocycles. The third-order valence-electron chi connectivity index (χ3n) is 1.31. The van der Waals surface area contributed by atoms with Crippen molar-refractivity contribution in [2.24, 2.45) is 0 Å². The Bertz CT molecular complexity index is 303. The fourth-order valence-corrected chi connectivity index (χ4v) is 0.801. The molecule has 0 bridgehead atoms. The molecule has 0 radical (unpaired) electrons. The summed E-state index contributed by atoms with van der Waals surface area (Å²) in [5.41, 5.74) is 0. The molecule has 70 valence electrons. The fraction of sp³-hybridized carbons (Fsp3) is 0.250. The van der Waals surface area contributed by atoms with Crippen molar-refractivity contribution in [3.8, 4) is 5.88 Å².